The first-order valence-corrected chi connectivity index (χ1v) is 8.60. The van der Waals surface area contributed by atoms with Crippen molar-refractivity contribution in [1.29, 1.82) is 0 Å². The van der Waals surface area contributed by atoms with Gasteiger partial charge in [0, 0.05) is 44.4 Å². The number of nitrogens with one attached hydrogen (secondary N) is 1. The summed E-state index contributed by atoms with van der Waals surface area (Å²) in [6.45, 7) is 5.15. The predicted octanol–water partition coefficient (Wildman–Crippen LogP) is 1.04. The number of morpholine rings is 1. The highest BCUT2D eigenvalue weighted by molar-refractivity contribution is 5.96. The average Bonchev–Trinajstić information content (AvgIpc) is 3.00. The van der Waals surface area contributed by atoms with Crippen LogP contribution >= 0.6 is 0 Å². The lowest BCUT2D eigenvalue weighted by Gasteiger charge is -2.26. The molecule has 1 saturated heterocycles. The van der Waals surface area contributed by atoms with Crippen LogP contribution in [0, 0.1) is 0 Å². The Kier molecular flexibility index (Phi) is 4.42. The van der Waals surface area contributed by atoms with E-state index in [4.69, 9.17) is 9.47 Å². The van der Waals surface area contributed by atoms with Crippen molar-refractivity contribution in [3.63, 3.8) is 0 Å². The molecule has 4 rings (SSSR count). The number of amides is 1. The number of rotatable bonds is 4. The molecule has 132 valence electrons. The van der Waals surface area contributed by atoms with Gasteiger partial charge in [0.15, 0.2) is 5.69 Å². The Hall–Kier alpha value is -2.38. The number of aryl methyl sites for hydroxylation is 1. The van der Waals surface area contributed by atoms with Crippen molar-refractivity contribution >= 4 is 5.91 Å². The van der Waals surface area contributed by atoms with E-state index in [1.54, 1.807) is 4.68 Å². The lowest BCUT2D eigenvalue weighted by molar-refractivity contribution is 0.0383. The van der Waals surface area contributed by atoms with E-state index in [-0.39, 0.29) is 5.91 Å². The van der Waals surface area contributed by atoms with Gasteiger partial charge in [0.25, 0.3) is 5.91 Å². The second-order valence-corrected chi connectivity index (χ2v) is 6.29. The Morgan fingerprint density at radius 2 is 2.08 bits per heavy atom. The van der Waals surface area contributed by atoms with Crippen LogP contribution in [0.5, 0.6) is 5.75 Å². The molecule has 0 saturated carbocycles. The van der Waals surface area contributed by atoms with E-state index in [0.717, 1.165) is 55.4 Å². The van der Waals surface area contributed by atoms with Crippen LogP contribution in [0.15, 0.2) is 24.3 Å². The number of carbonyl (C=O) groups excluding carboxylic acids is 1. The highest BCUT2D eigenvalue weighted by Crippen LogP contribution is 2.38. The summed E-state index contributed by atoms with van der Waals surface area (Å²) >= 11 is 0. The smallest absolute Gasteiger partial charge is 0.272 e. The Labute approximate surface area is 146 Å². The summed E-state index contributed by atoms with van der Waals surface area (Å²) in [7, 11) is 1.87. The van der Waals surface area contributed by atoms with Gasteiger partial charge in [0.05, 0.1) is 18.9 Å². The maximum atomic E-state index is 12.6. The van der Waals surface area contributed by atoms with Crippen molar-refractivity contribution in [2.75, 3.05) is 39.4 Å². The van der Waals surface area contributed by atoms with Crippen LogP contribution in [0.3, 0.4) is 0 Å². The van der Waals surface area contributed by atoms with Gasteiger partial charge in [0.1, 0.15) is 12.4 Å². The molecule has 0 aliphatic carbocycles. The number of carbonyl (C=O) groups is 1. The average molecular weight is 342 g/mol. The standard InChI is InChI=1S/C18H22N4O3/c1-21-17-13-4-2-3-5-15(13)25-12-14(17)16(20-21)18(23)19-6-7-22-8-10-24-11-9-22/h2-5H,6-12H2,1H3,(H,19,23). The lowest BCUT2D eigenvalue weighted by Crippen LogP contribution is -2.41. The van der Waals surface area contributed by atoms with E-state index in [9.17, 15) is 4.79 Å². The van der Waals surface area contributed by atoms with Crippen LogP contribution in [0.4, 0.5) is 0 Å². The van der Waals surface area contributed by atoms with E-state index >= 15 is 0 Å². The molecule has 7 heteroatoms. The minimum atomic E-state index is -0.145. The predicted molar refractivity (Wildman–Crippen MR) is 92.6 cm³/mol. The van der Waals surface area contributed by atoms with Gasteiger partial charge in [0.2, 0.25) is 0 Å². The minimum absolute atomic E-state index is 0.145. The normalized spacial score (nSPS) is 16.7. The fraction of sp³-hybridized carbons (Fsp3) is 0.444. The van der Waals surface area contributed by atoms with E-state index in [1.165, 1.54) is 0 Å². The molecule has 3 heterocycles. The third-order valence-corrected chi connectivity index (χ3v) is 4.69. The fourth-order valence-corrected chi connectivity index (χ4v) is 3.40. The summed E-state index contributed by atoms with van der Waals surface area (Å²) in [6, 6.07) is 7.84. The van der Waals surface area contributed by atoms with Gasteiger partial charge in [-0.05, 0) is 12.1 Å². The number of benzene rings is 1. The van der Waals surface area contributed by atoms with E-state index in [2.05, 4.69) is 15.3 Å². The summed E-state index contributed by atoms with van der Waals surface area (Å²) in [5.74, 6) is 0.686. The Balaban J connectivity index is 1.47. The molecule has 0 bridgehead atoms. The van der Waals surface area contributed by atoms with Gasteiger partial charge in [-0.2, -0.15) is 5.10 Å². The number of ether oxygens (including phenoxy) is 2. The molecule has 1 fully saturated rings. The number of nitrogens with zero attached hydrogens (tertiary/aromatic N) is 3. The zero-order valence-electron chi connectivity index (χ0n) is 14.3. The largest absolute Gasteiger partial charge is 0.488 e. The molecule has 1 amide bonds. The highest BCUT2D eigenvalue weighted by atomic mass is 16.5. The molecule has 2 aliphatic rings. The first-order chi connectivity index (χ1) is 12.2. The lowest BCUT2D eigenvalue weighted by atomic mass is 10.0. The maximum Gasteiger partial charge on any atom is 0.272 e. The van der Waals surface area contributed by atoms with Crippen LogP contribution < -0.4 is 10.1 Å². The molecular formula is C18H22N4O3. The van der Waals surface area contributed by atoms with E-state index < -0.39 is 0 Å². The SMILES string of the molecule is Cn1nc(C(=O)NCCN2CCOCC2)c2c1-c1ccccc1OC2. The number of aromatic nitrogens is 2. The summed E-state index contributed by atoms with van der Waals surface area (Å²) in [6.07, 6.45) is 0. The zero-order valence-corrected chi connectivity index (χ0v) is 14.3. The van der Waals surface area contributed by atoms with Gasteiger partial charge in [-0.15, -0.1) is 0 Å². The molecule has 2 aliphatic heterocycles. The molecule has 1 aromatic carbocycles. The van der Waals surface area contributed by atoms with Gasteiger partial charge in [-0.1, -0.05) is 12.1 Å². The molecule has 0 unspecified atom stereocenters. The van der Waals surface area contributed by atoms with Gasteiger partial charge in [-0.3, -0.25) is 14.4 Å². The van der Waals surface area contributed by atoms with Crippen molar-refractivity contribution in [1.82, 2.24) is 20.0 Å². The maximum absolute atomic E-state index is 12.6. The molecule has 2 aromatic rings. The monoisotopic (exact) mass is 342 g/mol. The molecule has 25 heavy (non-hydrogen) atoms. The number of para-hydroxylation sites is 1. The minimum Gasteiger partial charge on any atom is -0.488 e. The number of hydrogen-bond donors (Lipinski definition) is 1. The quantitative estimate of drug-likeness (QED) is 0.899. The first-order valence-electron chi connectivity index (χ1n) is 8.60. The van der Waals surface area contributed by atoms with Gasteiger partial charge >= 0.3 is 0 Å². The molecule has 0 atom stereocenters. The second-order valence-electron chi connectivity index (χ2n) is 6.29. The van der Waals surface area contributed by atoms with Crippen LogP contribution in [-0.4, -0.2) is 60.0 Å². The van der Waals surface area contributed by atoms with E-state index in [0.29, 0.717) is 18.8 Å². The third-order valence-electron chi connectivity index (χ3n) is 4.69. The van der Waals surface area contributed by atoms with Crippen molar-refractivity contribution in [3.8, 4) is 17.0 Å². The molecule has 1 N–H and O–H groups in total. The topological polar surface area (TPSA) is 68.6 Å². The van der Waals surface area contributed by atoms with Crippen LogP contribution in [0.1, 0.15) is 16.1 Å². The van der Waals surface area contributed by atoms with Crippen molar-refractivity contribution in [2.24, 2.45) is 7.05 Å². The number of hydrogen-bond acceptors (Lipinski definition) is 5. The summed E-state index contributed by atoms with van der Waals surface area (Å²) < 4.78 is 12.9. The third kappa shape index (κ3) is 3.12. The van der Waals surface area contributed by atoms with Crippen molar-refractivity contribution < 1.29 is 14.3 Å². The first kappa shape index (κ1) is 16.1. The molecule has 0 spiro atoms. The summed E-state index contributed by atoms with van der Waals surface area (Å²) in [5, 5.41) is 7.43. The van der Waals surface area contributed by atoms with Crippen molar-refractivity contribution in [3.05, 3.63) is 35.5 Å². The van der Waals surface area contributed by atoms with Crippen LogP contribution in [0.2, 0.25) is 0 Å². The van der Waals surface area contributed by atoms with Gasteiger partial charge < -0.3 is 14.8 Å². The molecular weight excluding hydrogens is 320 g/mol. The highest BCUT2D eigenvalue weighted by Gasteiger charge is 2.28. The zero-order chi connectivity index (χ0) is 17.2. The number of fused-ring (bicyclic) bond motifs is 3. The molecule has 7 nitrogen and oxygen atoms in total. The van der Waals surface area contributed by atoms with Crippen LogP contribution in [0.25, 0.3) is 11.3 Å². The summed E-state index contributed by atoms with van der Waals surface area (Å²) in [5.41, 5.74) is 3.24. The van der Waals surface area contributed by atoms with Crippen molar-refractivity contribution in [2.45, 2.75) is 6.61 Å². The Morgan fingerprint density at radius 1 is 1.28 bits per heavy atom. The van der Waals surface area contributed by atoms with Gasteiger partial charge in [-0.25, -0.2) is 0 Å². The van der Waals surface area contributed by atoms with Crippen LogP contribution in [-0.2, 0) is 18.4 Å². The van der Waals surface area contributed by atoms with E-state index in [1.807, 2.05) is 31.3 Å². The Bertz CT molecular complexity index is 781. The second kappa shape index (κ2) is 6.85. The summed E-state index contributed by atoms with van der Waals surface area (Å²) in [4.78, 5) is 14.9. The molecule has 0 radical (unpaired) electrons. The molecule has 1 aromatic heterocycles. The fourth-order valence-electron chi connectivity index (χ4n) is 3.40. The Morgan fingerprint density at radius 3 is 2.92 bits per heavy atom.